The molecule has 0 saturated carbocycles. The van der Waals surface area contributed by atoms with Gasteiger partial charge in [-0.05, 0) is 48.7 Å². The minimum atomic E-state index is -0.622. The van der Waals surface area contributed by atoms with Gasteiger partial charge >= 0.3 is 0 Å². The molecule has 0 bridgehead atoms. The average Bonchev–Trinajstić information content (AvgIpc) is 3.22. The summed E-state index contributed by atoms with van der Waals surface area (Å²) in [5.41, 5.74) is 2.02. The predicted molar refractivity (Wildman–Crippen MR) is 125 cm³/mol. The number of piperazine rings is 1. The Hall–Kier alpha value is -3.59. The van der Waals surface area contributed by atoms with E-state index in [1.807, 2.05) is 12.1 Å². The fourth-order valence-electron chi connectivity index (χ4n) is 4.88. The molecule has 0 N–H and O–H groups in total. The number of amides is 2. The minimum absolute atomic E-state index is 0.0147. The highest BCUT2D eigenvalue weighted by atomic mass is 35.5. The van der Waals surface area contributed by atoms with E-state index in [-0.39, 0.29) is 52.6 Å². The SMILES string of the molecule is COc1cc2c(cc1OC)[C@H]1CN(C(=O)c3c(-c4c(F)cccc4Cl)noc3C)CC(=O)N1CC2. The highest BCUT2D eigenvalue weighted by Crippen LogP contribution is 2.40. The highest BCUT2D eigenvalue weighted by molar-refractivity contribution is 6.33. The van der Waals surface area contributed by atoms with E-state index < -0.39 is 11.7 Å². The summed E-state index contributed by atoms with van der Waals surface area (Å²) in [6.45, 7) is 2.26. The Balaban J connectivity index is 1.53. The van der Waals surface area contributed by atoms with Gasteiger partial charge in [0.05, 0.1) is 30.8 Å². The maximum atomic E-state index is 14.6. The molecule has 2 aliphatic heterocycles. The van der Waals surface area contributed by atoms with E-state index in [1.54, 1.807) is 26.0 Å². The lowest BCUT2D eigenvalue weighted by molar-refractivity contribution is -0.139. The summed E-state index contributed by atoms with van der Waals surface area (Å²) in [6, 6.07) is 7.64. The Labute approximate surface area is 206 Å². The van der Waals surface area contributed by atoms with Crippen LogP contribution in [0.3, 0.4) is 0 Å². The standard InChI is InChI=1S/C25H23ClFN3O5/c1-13-22(24(28-35-13)23-16(26)5-4-6-17(23)27)25(32)29-11-18-15-10-20(34-3)19(33-2)9-14(15)7-8-30(18)21(31)12-29/h4-6,9-10,18H,7-8,11-12H2,1-3H3/t18-/m1/s1. The van der Waals surface area contributed by atoms with Crippen molar-refractivity contribution in [2.75, 3.05) is 33.9 Å². The molecule has 2 aliphatic rings. The van der Waals surface area contributed by atoms with Crippen molar-refractivity contribution in [3.63, 3.8) is 0 Å². The molecule has 0 aliphatic carbocycles. The molecular formula is C25H23ClFN3O5. The Morgan fingerprint density at radius 1 is 1.23 bits per heavy atom. The van der Waals surface area contributed by atoms with E-state index in [2.05, 4.69) is 5.16 Å². The number of ether oxygens (including phenoxy) is 2. The van der Waals surface area contributed by atoms with Crippen molar-refractivity contribution >= 4 is 23.4 Å². The lowest BCUT2D eigenvalue weighted by atomic mass is 9.89. The van der Waals surface area contributed by atoms with Crippen LogP contribution in [0.5, 0.6) is 11.5 Å². The molecule has 0 radical (unpaired) electrons. The first kappa shape index (κ1) is 23.2. The van der Waals surface area contributed by atoms with E-state index in [9.17, 15) is 14.0 Å². The van der Waals surface area contributed by atoms with E-state index in [1.165, 1.54) is 23.1 Å². The van der Waals surface area contributed by atoms with Gasteiger partial charge in [-0.2, -0.15) is 0 Å². The number of methoxy groups -OCH3 is 2. The first-order valence-electron chi connectivity index (χ1n) is 11.1. The van der Waals surface area contributed by atoms with Crippen LogP contribution in [0.25, 0.3) is 11.3 Å². The highest BCUT2D eigenvalue weighted by Gasteiger charge is 2.41. The molecule has 3 aromatic rings. The number of hydrogen-bond donors (Lipinski definition) is 0. The smallest absolute Gasteiger partial charge is 0.260 e. The molecule has 1 saturated heterocycles. The van der Waals surface area contributed by atoms with Gasteiger partial charge in [0.15, 0.2) is 11.5 Å². The largest absolute Gasteiger partial charge is 0.493 e. The molecule has 1 atom stereocenters. The molecule has 182 valence electrons. The van der Waals surface area contributed by atoms with Crippen LogP contribution in [0.1, 0.15) is 33.3 Å². The zero-order valence-electron chi connectivity index (χ0n) is 19.4. The molecule has 2 amide bonds. The summed E-state index contributed by atoms with van der Waals surface area (Å²) < 4.78 is 30.8. The average molecular weight is 500 g/mol. The van der Waals surface area contributed by atoms with Crippen LogP contribution < -0.4 is 9.47 Å². The molecule has 5 rings (SSSR count). The van der Waals surface area contributed by atoms with Crippen molar-refractivity contribution in [1.82, 2.24) is 15.0 Å². The molecule has 8 nitrogen and oxygen atoms in total. The van der Waals surface area contributed by atoms with Gasteiger partial charge in [-0.3, -0.25) is 9.59 Å². The monoisotopic (exact) mass is 499 g/mol. The second kappa shape index (κ2) is 8.88. The van der Waals surface area contributed by atoms with Gasteiger partial charge in [0.1, 0.15) is 29.4 Å². The van der Waals surface area contributed by atoms with Crippen LogP contribution in [0, 0.1) is 12.7 Å². The number of carbonyl (C=O) groups is 2. The van der Waals surface area contributed by atoms with E-state index in [0.717, 1.165) is 11.1 Å². The Kier molecular flexibility index (Phi) is 5.88. The van der Waals surface area contributed by atoms with Crippen LogP contribution in [0.15, 0.2) is 34.9 Å². The summed E-state index contributed by atoms with van der Waals surface area (Å²) in [5.74, 6) is 0.113. The number of benzene rings is 2. The molecular weight excluding hydrogens is 477 g/mol. The van der Waals surface area contributed by atoms with Gasteiger partial charge in [0.2, 0.25) is 5.91 Å². The number of hydrogen-bond acceptors (Lipinski definition) is 6. The first-order valence-corrected chi connectivity index (χ1v) is 11.5. The van der Waals surface area contributed by atoms with Crippen LogP contribution in [-0.2, 0) is 11.2 Å². The van der Waals surface area contributed by atoms with E-state index in [0.29, 0.717) is 24.5 Å². The van der Waals surface area contributed by atoms with Crippen molar-refractivity contribution < 1.29 is 28.0 Å². The molecule has 3 heterocycles. The van der Waals surface area contributed by atoms with Crippen molar-refractivity contribution in [2.45, 2.75) is 19.4 Å². The van der Waals surface area contributed by atoms with Gasteiger partial charge in [0.25, 0.3) is 5.91 Å². The number of aryl methyl sites for hydroxylation is 1. The van der Waals surface area contributed by atoms with Crippen molar-refractivity contribution in [2.24, 2.45) is 0 Å². The quantitative estimate of drug-likeness (QED) is 0.538. The van der Waals surface area contributed by atoms with Crippen LogP contribution in [-0.4, -0.2) is 60.6 Å². The number of carbonyl (C=O) groups excluding carboxylic acids is 2. The van der Waals surface area contributed by atoms with Gasteiger partial charge in [0, 0.05) is 13.1 Å². The number of fused-ring (bicyclic) bond motifs is 3. The van der Waals surface area contributed by atoms with Crippen molar-refractivity contribution in [3.05, 3.63) is 63.6 Å². The maximum Gasteiger partial charge on any atom is 0.260 e. The topological polar surface area (TPSA) is 85.1 Å². The molecule has 35 heavy (non-hydrogen) atoms. The van der Waals surface area contributed by atoms with Gasteiger partial charge in [-0.1, -0.05) is 22.8 Å². The number of rotatable bonds is 4. The normalized spacial score (nSPS) is 17.2. The van der Waals surface area contributed by atoms with Crippen molar-refractivity contribution in [1.29, 1.82) is 0 Å². The Morgan fingerprint density at radius 3 is 2.69 bits per heavy atom. The number of nitrogens with zero attached hydrogens (tertiary/aromatic N) is 3. The van der Waals surface area contributed by atoms with Gasteiger partial charge in [-0.25, -0.2) is 4.39 Å². The molecule has 10 heteroatoms. The molecule has 1 fully saturated rings. The molecule has 0 spiro atoms. The third-order valence-electron chi connectivity index (χ3n) is 6.61. The lowest BCUT2D eigenvalue weighted by Crippen LogP contribution is -2.55. The van der Waals surface area contributed by atoms with Gasteiger partial charge < -0.3 is 23.8 Å². The predicted octanol–water partition coefficient (Wildman–Crippen LogP) is 4.04. The molecule has 0 unspecified atom stereocenters. The summed E-state index contributed by atoms with van der Waals surface area (Å²) in [7, 11) is 3.13. The number of halogens is 2. The van der Waals surface area contributed by atoms with E-state index in [4.69, 9.17) is 25.6 Å². The third kappa shape index (κ3) is 3.80. The van der Waals surface area contributed by atoms with Crippen LogP contribution >= 0.6 is 11.6 Å². The second-order valence-corrected chi connectivity index (χ2v) is 8.91. The second-order valence-electron chi connectivity index (χ2n) is 8.50. The molecule has 1 aromatic heterocycles. The fraction of sp³-hybridized carbons (Fsp3) is 0.320. The summed E-state index contributed by atoms with van der Waals surface area (Å²) in [6.07, 6.45) is 0.673. The zero-order chi connectivity index (χ0) is 24.9. The number of aromatic nitrogens is 1. The van der Waals surface area contributed by atoms with Crippen LogP contribution in [0.4, 0.5) is 4.39 Å². The van der Waals surface area contributed by atoms with Crippen molar-refractivity contribution in [3.8, 4) is 22.8 Å². The zero-order valence-corrected chi connectivity index (χ0v) is 20.2. The summed E-state index contributed by atoms with van der Waals surface area (Å²) >= 11 is 6.23. The fourth-order valence-corrected chi connectivity index (χ4v) is 5.14. The third-order valence-corrected chi connectivity index (χ3v) is 6.92. The van der Waals surface area contributed by atoms with Crippen LogP contribution in [0.2, 0.25) is 5.02 Å². The minimum Gasteiger partial charge on any atom is -0.493 e. The Bertz CT molecular complexity index is 1320. The summed E-state index contributed by atoms with van der Waals surface area (Å²) in [4.78, 5) is 30.0. The maximum absolute atomic E-state index is 14.6. The summed E-state index contributed by atoms with van der Waals surface area (Å²) in [5, 5.41) is 4.04. The lowest BCUT2D eigenvalue weighted by Gasteiger charge is -2.44. The van der Waals surface area contributed by atoms with Gasteiger partial charge in [-0.15, -0.1) is 0 Å². The first-order chi connectivity index (χ1) is 16.8. The molecule has 2 aromatic carbocycles. The van der Waals surface area contributed by atoms with E-state index >= 15 is 0 Å². The Morgan fingerprint density at radius 2 is 1.97 bits per heavy atom.